The zero-order chi connectivity index (χ0) is 10.1. The largest absolute Gasteiger partial charge is 0.388 e. The number of benzene rings is 1. The van der Waals surface area contributed by atoms with Gasteiger partial charge >= 0.3 is 0 Å². The van der Waals surface area contributed by atoms with Gasteiger partial charge in [-0.1, -0.05) is 36.6 Å². The zero-order valence-electron chi connectivity index (χ0n) is 8.96. The maximum absolute atomic E-state index is 10.0. The number of aliphatic hydroxyl groups excluding tert-OH is 1. The van der Waals surface area contributed by atoms with E-state index < -0.39 is 0 Å². The maximum Gasteiger partial charge on any atom is 0.0795 e. The normalized spacial score (nSPS) is 18.2. The van der Waals surface area contributed by atoms with Crippen LogP contribution in [0, 0.1) is 19.8 Å². The van der Waals surface area contributed by atoms with Crippen molar-refractivity contribution < 1.29 is 5.11 Å². The molecule has 2 rings (SSSR count). The lowest BCUT2D eigenvalue weighted by atomic mass is 9.98. The van der Waals surface area contributed by atoms with E-state index in [-0.39, 0.29) is 6.10 Å². The minimum atomic E-state index is -0.247. The van der Waals surface area contributed by atoms with E-state index in [2.05, 4.69) is 32.0 Å². The minimum Gasteiger partial charge on any atom is -0.388 e. The third-order valence-electron chi connectivity index (χ3n) is 3.04. The Hall–Kier alpha value is -0.820. The van der Waals surface area contributed by atoms with E-state index in [1.807, 2.05) is 0 Å². The maximum atomic E-state index is 10.0. The van der Waals surface area contributed by atoms with Crippen LogP contribution in [0.15, 0.2) is 18.2 Å². The van der Waals surface area contributed by atoms with Crippen molar-refractivity contribution in [1.82, 2.24) is 0 Å². The molecule has 1 saturated carbocycles. The van der Waals surface area contributed by atoms with Crippen molar-refractivity contribution >= 4 is 0 Å². The Kier molecular flexibility index (Phi) is 2.60. The summed E-state index contributed by atoms with van der Waals surface area (Å²) in [6.45, 7) is 4.17. The van der Waals surface area contributed by atoms with Crippen molar-refractivity contribution in [2.24, 2.45) is 5.92 Å². The van der Waals surface area contributed by atoms with Gasteiger partial charge in [-0.2, -0.15) is 0 Å². The Balaban J connectivity index is 2.13. The Morgan fingerprint density at radius 2 is 2.07 bits per heavy atom. The molecule has 1 heteroatoms. The Labute approximate surface area is 85.8 Å². The van der Waals surface area contributed by atoms with E-state index >= 15 is 0 Å². The summed E-state index contributed by atoms with van der Waals surface area (Å²) in [6, 6.07) is 6.29. The molecule has 1 aliphatic rings. The van der Waals surface area contributed by atoms with Crippen LogP contribution in [0.25, 0.3) is 0 Å². The molecular formula is C13H18O. The highest BCUT2D eigenvalue weighted by Gasteiger charge is 2.25. The number of aryl methyl sites for hydroxylation is 2. The molecule has 1 atom stereocenters. The predicted octanol–water partition coefficient (Wildman–Crippen LogP) is 3.14. The van der Waals surface area contributed by atoms with Gasteiger partial charge in [0.1, 0.15) is 0 Å². The third-order valence-corrected chi connectivity index (χ3v) is 3.04. The molecule has 0 heterocycles. The summed E-state index contributed by atoms with van der Waals surface area (Å²) in [5, 5.41) is 10.0. The zero-order valence-corrected chi connectivity index (χ0v) is 8.96. The molecule has 1 unspecified atom stereocenters. The van der Waals surface area contributed by atoms with E-state index in [1.165, 1.54) is 24.0 Å². The predicted molar refractivity (Wildman–Crippen MR) is 58.2 cm³/mol. The van der Waals surface area contributed by atoms with Crippen LogP contribution in [0.1, 0.15) is 42.1 Å². The highest BCUT2D eigenvalue weighted by molar-refractivity contribution is 5.32. The number of rotatable bonds is 3. The van der Waals surface area contributed by atoms with E-state index in [0.29, 0.717) is 0 Å². The van der Waals surface area contributed by atoms with Crippen LogP contribution in [-0.4, -0.2) is 5.11 Å². The summed E-state index contributed by atoms with van der Waals surface area (Å²) in [5.41, 5.74) is 3.60. The van der Waals surface area contributed by atoms with Crippen LogP contribution in [0.2, 0.25) is 0 Å². The molecule has 0 spiro atoms. The molecule has 0 amide bonds. The highest BCUT2D eigenvalue weighted by atomic mass is 16.3. The quantitative estimate of drug-likeness (QED) is 0.776. The molecule has 0 aromatic heterocycles. The summed E-state index contributed by atoms with van der Waals surface area (Å²) in [7, 11) is 0. The van der Waals surface area contributed by atoms with Crippen LogP contribution >= 0.6 is 0 Å². The van der Waals surface area contributed by atoms with Crippen molar-refractivity contribution in [2.45, 2.75) is 39.2 Å². The Morgan fingerprint density at radius 1 is 1.36 bits per heavy atom. The molecule has 1 aromatic carbocycles. The highest BCUT2D eigenvalue weighted by Crippen LogP contribution is 2.38. The van der Waals surface area contributed by atoms with Gasteiger partial charge in [-0.15, -0.1) is 0 Å². The van der Waals surface area contributed by atoms with Gasteiger partial charge < -0.3 is 5.11 Å². The Bertz CT molecular complexity index is 326. The van der Waals surface area contributed by atoms with E-state index in [4.69, 9.17) is 0 Å². The summed E-state index contributed by atoms with van der Waals surface area (Å²) in [4.78, 5) is 0. The van der Waals surface area contributed by atoms with Crippen molar-refractivity contribution in [3.8, 4) is 0 Å². The molecule has 14 heavy (non-hydrogen) atoms. The second-order valence-electron chi connectivity index (χ2n) is 4.55. The van der Waals surface area contributed by atoms with Gasteiger partial charge in [-0.3, -0.25) is 0 Å². The molecule has 1 aliphatic carbocycles. The lowest BCUT2D eigenvalue weighted by molar-refractivity contribution is 0.159. The second kappa shape index (κ2) is 3.74. The van der Waals surface area contributed by atoms with Crippen molar-refractivity contribution in [3.63, 3.8) is 0 Å². The van der Waals surface area contributed by atoms with Gasteiger partial charge in [0.05, 0.1) is 6.10 Å². The Morgan fingerprint density at radius 3 is 2.64 bits per heavy atom. The van der Waals surface area contributed by atoms with Gasteiger partial charge in [0.15, 0.2) is 0 Å². The number of aliphatic hydroxyl groups is 1. The van der Waals surface area contributed by atoms with Gasteiger partial charge in [0.2, 0.25) is 0 Å². The first-order valence-corrected chi connectivity index (χ1v) is 5.42. The van der Waals surface area contributed by atoms with Crippen molar-refractivity contribution in [3.05, 3.63) is 34.9 Å². The standard InChI is InChI=1S/C13H18O/c1-9-3-6-12(10(2)7-9)13(14)8-11-4-5-11/h3,6-7,11,13-14H,4-5,8H2,1-2H3. The molecule has 0 aliphatic heterocycles. The lowest BCUT2D eigenvalue weighted by Crippen LogP contribution is -2.01. The summed E-state index contributed by atoms with van der Waals surface area (Å²) in [5.74, 6) is 0.783. The van der Waals surface area contributed by atoms with Gasteiger partial charge in [0.25, 0.3) is 0 Å². The molecule has 0 saturated heterocycles. The minimum absolute atomic E-state index is 0.247. The molecule has 1 N–H and O–H groups in total. The van der Waals surface area contributed by atoms with Crippen molar-refractivity contribution in [2.75, 3.05) is 0 Å². The van der Waals surface area contributed by atoms with Crippen LogP contribution in [0.5, 0.6) is 0 Å². The SMILES string of the molecule is Cc1ccc(C(O)CC2CC2)c(C)c1. The van der Waals surface area contributed by atoms with Gasteiger partial charge in [0, 0.05) is 0 Å². The van der Waals surface area contributed by atoms with Crippen LogP contribution in [0.4, 0.5) is 0 Å². The van der Waals surface area contributed by atoms with E-state index in [9.17, 15) is 5.11 Å². The molecule has 0 radical (unpaired) electrons. The first-order valence-electron chi connectivity index (χ1n) is 5.42. The first kappa shape index (κ1) is 9.72. The average Bonchev–Trinajstić information content (AvgIpc) is 2.87. The fourth-order valence-electron chi connectivity index (χ4n) is 2.00. The van der Waals surface area contributed by atoms with Crippen LogP contribution in [0.3, 0.4) is 0 Å². The van der Waals surface area contributed by atoms with Crippen LogP contribution < -0.4 is 0 Å². The summed E-state index contributed by atoms with van der Waals surface area (Å²) >= 11 is 0. The first-order chi connectivity index (χ1) is 6.66. The molecular weight excluding hydrogens is 172 g/mol. The van der Waals surface area contributed by atoms with Gasteiger partial charge in [-0.25, -0.2) is 0 Å². The number of hydrogen-bond donors (Lipinski definition) is 1. The van der Waals surface area contributed by atoms with Crippen LogP contribution in [-0.2, 0) is 0 Å². The lowest BCUT2D eigenvalue weighted by Gasteiger charge is -2.13. The van der Waals surface area contributed by atoms with Crippen molar-refractivity contribution in [1.29, 1.82) is 0 Å². The van der Waals surface area contributed by atoms with E-state index in [0.717, 1.165) is 17.9 Å². The van der Waals surface area contributed by atoms with E-state index in [1.54, 1.807) is 0 Å². The molecule has 1 fully saturated rings. The second-order valence-corrected chi connectivity index (χ2v) is 4.55. The monoisotopic (exact) mass is 190 g/mol. The molecule has 76 valence electrons. The smallest absolute Gasteiger partial charge is 0.0795 e. The number of hydrogen-bond acceptors (Lipinski definition) is 1. The van der Waals surface area contributed by atoms with Gasteiger partial charge in [-0.05, 0) is 37.3 Å². The fourth-order valence-corrected chi connectivity index (χ4v) is 2.00. The molecule has 0 bridgehead atoms. The summed E-state index contributed by atoms with van der Waals surface area (Å²) < 4.78 is 0. The topological polar surface area (TPSA) is 20.2 Å². The third kappa shape index (κ3) is 2.16. The fraction of sp³-hybridized carbons (Fsp3) is 0.538. The molecule has 1 nitrogen and oxygen atoms in total. The molecule has 1 aromatic rings. The summed E-state index contributed by atoms with van der Waals surface area (Å²) in [6.07, 6.45) is 3.32. The average molecular weight is 190 g/mol.